The molecule has 0 aliphatic carbocycles. The third-order valence-corrected chi connectivity index (χ3v) is 5.35. The summed E-state index contributed by atoms with van der Waals surface area (Å²) in [4.78, 5) is 28.7. The minimum Gasteiger partial charge on any atom is -0.349 e. The smallest absolute Gasteiger partial charge is 0.225 e. The first-order valence-electron chi connectivity index (χ1n) is 9.76. The predicted molar refractivity (Wildman–Crippen MR) is 109 cm³/mol. The molecule has 1 amide bonds. The van der Waals surface area contributed by atoms with Crippen molar-refractivity contribution in [3.05, 3.63) is 47.5 Å². The number of imidazole rings is 1. The first-order chi connectivity index (χ1) is 13.5. The van der Waals surface area contributed by atoms with Gasteiger partial charge < -0.3 is 14.8 Å². The normalized spacial score (nSPS) is 17.1. The van der Waals surface area contributed by atoms with E-state index >= 15 is 0 Å². The van der Waals surface area contributed by atoms with Gasteiger partial charge in [0.15, 0.2) is 0 Å². The third kappa shape index (κ3) is 3.69. The molecule has 1 aliphatic rings. The largest absolute Gasteiger partial charge is 0.349 e. The fourth-order valence-corrected chi connectivity index (χ4v) is 3.89. The summed E-state index contributed by atoms with van der Waals surface area (Å²) >= 11 is 0. The van der Waals surface area contributed by atoms with Crippen molar-refractivity contribution in [2.75, 3.05) is 18.0 Å². The van der Waals surface area contributed by atoms with Gasteiger partial charge in [0.1, 0.15) is 5.82 Å². The topological polar surface area (TPSA) is 75.9 Å². The number of nitrogens with zero attached hydrogens (tertiary/aromatic N) is 5. The van der Waals surface area contributed by atoms with Crippen LogP contribution in [0.25, 0.3) is 11.0 Å². The summed E-state index contributed by atoms with van der Waals surface area (Å²) < 4.78 is 2.03. The highest BCUT2D eigenvalue weighted by molar-refractivity contribution is 5.80. The van der Waals surface area contributed by atoms with Crippen LogP contribution in [-0.2, 0) is 18.4 Å². The molecule has 3 aromatic rings. The van der Waals surface area contributed by atoms with E-state index in [1.165, 1.54) is 0 Å². The van der Waals surface area contributed by atoms with Gasteiger partial charge in [0, 0.05) is 31.5 Å². The van der Waals surface area contributed by atoms with E-state index in [9.17, 15) is 4.79 Å². The van der Waals surface area contributed by atoms with Crippen molar-refractivity contribution in [2.45, 2.75) is 33.2 Å². The van der Waals surface area contributed by atoms with Crippen molar-refractivity contribution in [1.29, 1.82) is 0 Å². The number of benzene rings is 1. The number of carbonyl (C=O) groups excluding carboxylic acids is 1. The molecule has 1 saturated heterocycles. The first kappa shape index (κ1) is 18.4. The van der Waals surface area contributed by atoms with Crippen molar-refractivity contribution in [2.24, 2.45) is 13.0 Å². The van der Waals surface area contributed by atoms with E-state index < -0.39 is 0 Å². The Morgan fingerprint density at radius 3 is 2.68 bits per heavy atom. The molecule has 7 nitrogen and oxygen atoms in total. The summed E-state index contributed by atoms with van der Waals surface area (Å²) in [6, 6.07) is 9.97. The van der Waals surface area contributed by atoms with E-state index in [0.717, 1.165) is 53.6 Å². The van der Waals surface area contributed by atoms with Crippen LogP contribution in [0.5, 0.6) is 0 Å². The molecular formula is C21H26N6O. The van der Waals surface area contributed by atoms with Crippen LogP contribution in [-0.4, -0.2) is 38.5 Å². The van der Waals surface area contributed by atoms with Gasteiger partial charge in [-0.05, 0) is 44.9 Å². The highest BCUT2D eigenvalue weighted by Gasteiger charge is 2.27. The second-order valence-corrected chi connectivity index (χ2v) is 7.53. The average molecular weight is 378 g/mol. The number of para-hydroxylation sites is 2. The minimum absolute atomic E-state index is 0.0622. The first-order valence-corrected chi connectivity index (χ1v) is 9.76. The van der Waals surface area contributed by atoms with Crippen LogP contribution in [0.1, 0.15) is 30.1 Å². The number of aromatic nitrogens is 4. The number of anilines is 1. The summed E-state index contributed by atoms with van der Waals surface area (Å²) in [5.41, 5.74) is 3.93. The summed E-state index contributed by atoms with van der Waals surface area (Å²) in [6.45, 7) is 5.92. The van der Waals surface area contributed by atoms with E-state index in [4.69, 9.17) is 0 Å². The molecule has 1 aliphatic heterocycles. The van der Waals surface area contributed by atoms with Gasteiger partial charge in [-0.1, -0.05) is 12.1 Å². The molecule has 2 aromatic heterocycles. The predicted octanol–water partition coefficient (Wildman–Crippen LogP) is 2.51. The molecule has 4 rings (SSSR count). The van der Waals surface area contributed by atoms with Crippen molar-refractivity contribution in [1.82, 2.24) is 24.8 Å². The van der Waals surface area contributed by atoms with Gasteiger partial charge in [-0.3, -0.25) is 4.79 Å². The van der Waals surface area contributed by atoms with Gasteiger partial charge in [0.2, 0.25) is 11.9 Å². The van der Waals surface area contributed by atoms with Gasteiger partial charge in [-0.15, -0.1) is 0 Å². The van der Waals surface area contributed by atoms with Crippen molar-refractivity contribution in [3.63, 3.8) is 0 Å². The molecule has 7 heteroatoms. The molecule has 1 fully saturated rings. The lowest BCUT2D eigenvalue weighted by atomic mass is 9.97. The molecule has 1 aromatic carbocycles. The number of carbonyl (C=O) groups is 1. The zero-order valence-corrected chi connectivity index (χ0v) is 16.6. The number of hydrogen-bond donors (Lipinski definition) is 1. The Bertz CT molecular complexity index is 991. The highest BCUT2D eigenvalue weighted by atomic mass is 16.1. The number of aryl methyl sites for hydroxylation is 3. The summed E-state index contributed by atoms with van der Waals surface area (Å²) in [7, 11) is 1.98. The summed E-state index contributed by atoms with van der Waals surface area (Å²) in [5.74, 6) is 1.60. The monoisotopic (exact) mass is 378 g/mol. The number of hydrogen-bond acceptors (Lipinski definition) is 5. The number of rotatable bonds is 4. The van der Waals surface area contributed by atoms with Gasteiger partial charge in [0.05, 0.1) is 23.5 Å². The zero-order chi connectivity index (χ0) is 19.7. The molecule has 1 unspecified atom stereocenters. The highest BCUT2D eigenvalue weighted by Crippen LogP contribution is 2.21. The summed E-state index contributed by atoms with van der Waals surface area (Å²) in [5, 5.41) is 3.08. The Hall–Kier alpha value is -2.96. The molecule has 3 heterocycles. The molecule has 0 radical (unpaired) electrons. The molecule has 1 N–H and O–H groups in total. The molecule has 28 heavy (non-hydrogen) atoms. The fourth-order valence-electron chi connectivity index (χ4n) is 3.89. The third-order valence-electron chi connectivity index (χ3n) is 5.35. The van der Waals surface area contributed by atoms with Crippen LogP contribution in [0.4, 0.5) is 5.95 Å². The fraction of sp³-hybridized carbons (Fsp3) is 0.429. The molecular weight excluding hydrogens is 352 g/mol. The Morgan fingerprint density at radius 2 is 1.93 bits per heavy atom. The SMILES string of the molecule is Cc1cc(C)nc(N2CCCC(C(=O)NCc3nc4ccccc4n3C)C2)n1. The van der Waals surface area contributed by atoms with E-state index in [1.54, 1.807) is 0 Å². The van der Waals surface area contributed by atoms with Gasteiger partial charge in [-0.2, -0.15) is 0 Å². The molecule has 0 spiro atoms. The van der Waals surface area contributed by atoms with Crippen LogP contribution in [0.15, 0.2) is 30.3 Å². The molecule has 1 atom stereocenters. The van der Waals surface area contributed by atoms with Crippen molar-refractivity contribution >= 4 is 22.9 Å². The Labute approximate surface area is 164 Å². The van der Waals surface area contributed by atoms with Gasteiger partial charge in [-0.25, -0.2) is 15.0 Å². The minimum atomic E-state index is -0.0622. The standard InChI is InChI=1S/C21H26N6O/c1-14-11-15(2)24-21(23-14)27-10-6-7-16(13-27)20(28)22-12-19-25-17-8-4-5-9-18(17)26(19)3/h4-5,8-9,11,16H,6-7,10,12-13H2,1-3H3,(H,22,28). The maximum absolute atomic E-state index is 12.8. The quantitative estimate of drug-likeness (QED) is 0.755. The second kappa shape index (κ2) is 7.58. The Morgan fingerprint density at radius 1 is 1.18 bits per heavy atom. The zero-order valence-electron chi connectivity index (χ0n) is 16.6. The van der Waals surface area contributed by atoms with Gasteiger partial charge in [0.25, 0.3) is 0 Å². The van der Waals surface area contributed by atoms with Crippen LogP contribution in [0.2, 0.25) is 0 Å². The van der Waals surface area contributed by atoms with E-state index in [-0.39, 0.29) is 11.8 Å². The molecule has 146 valence electrons. The number of piperidine rings is 1. The lowest BCUT2D eigenvalue weighted by Gasteiger charge is -2.32. The van der Waals surface area contributed by atoms with Gasteiger partial charge >= 0.3 is 0 Å². The lowest BCUT2D eigenvalue weighted by molar-refractivity contribution is -0.125. The maximum atomic E-state index is 12.8. The van der Waals surface area contributed by atoms with E-state index in [0.29, 0.717) is 13.1 Å². The molecule has 0 bridgehead atoms. The summed E-state index contributed by atoms with van der Waals surface area (Å²) in [6.07, 6.45) is 1.84. The molecule has 0 saturated carbocycles. The van der Waals surface area contributed by atoms with Crippen LogP contribution in [0.3, 0.4) is 0 Å². The maximum Gasteiger partial charge on any atom is 0.225 e. The van der Waals surface area contributed by atoms with E-state index in [2.05, 4.69) is 25.2 Å². The van der Waals surface area contributed by atoms with E-state index in [1.807, 2.05) is 55.8 Å². The van der Waals surface area contributed by atoms with Crippen molar-refractivity contribution in [3.8, 4) is 0 Å². The number of amides is 1. The van der Waals surface area contributed by atoms with Crippen LogP contribution in [0, 0.1) is 19.8 Å². The Balaban J connectivity index is 1.42. The number of nitrogens with one attached hydrogen (secondary N) is 1. The van der Waals surface area contributed by atoms with Crippen LogP contribution < -0.4 is 10.2 Å². The Kier molecular flexibility index (Phi) is 4.98. The van der Waals surface area contributed by atoms with Crippen molar-refractivity contribution < 1.29 is 4.79 Å². The second-order valence-electron chi connectivity index (χ2n) is 7.53. The van der Waals surface area contributed by atoms with Crippen LogP contribution >= 0.6 is 0 Å². The average Bonchev–Trinajstić information content (AvgIpc) is 3.01. The number of fused-ring (bicyclic) bond motifs is 1. The lowest BCUT2D eigenvalue weighted by Crippen LogP contribution is -2.43.